The van der Waals surface area contributed by atoms with Crippen LogP contribution in [0.4, 0.5) is 4.39 Å². The molecule has 0 bridgehead atoms. The van der Waals surface area contributed by atoms with Crippen molar-refractivity contribution in [2.75, 3.05) is 26.2 Å². The van der Waals surface area contributed by atoms with Gasteiger partial charge in [0.05, 0.1) is 6.42 Å². The molecule has 7 heteroatoms. The van der Waals surface area contributed by atoms with Crippen LogP contribution in [-0.4, -0.2) is 47.8 Å². The lowest BCUT2D eigenvalue weighted by atomic mass is 10.1. The van der Waals surface area contributed by atoms with Gasteiger partial charge in [-0.3, -0.25) is 9.59 Å². The highest BCUT2D eigenvalue weighted by atomic mass is 79.9. The highest BCUT2D eigenvalue weighted by molar-refractivity contribution is 9.10. The molecule has 0 N–H and O–H groups in total. The van der Waals surface area contributed by atoms with E-state index >= 15 is 0 Å². The molecule has 3 rings (SSSR count). The van der Waals surface area contributed by atoms with E-state index in [1.807, 2.05) is 0 Å². The molecule has 1 saturated heterocycles. The highest BCUT2D eigenvalue weighted by Gasteiger charge is 2.25. The van der Waals surface area contributed by atoms with E-state index in [0.717, 1.165) is 4.47 Å². The Morgan fingerprint density at radius 2 is 1.62 bits per heavy atom. The summed E-state index contributed by atoms with van der Waals surface area (Å²) in [5, 5.41) is 0.580. The van der Waals surface area contributed by atoms with Gasteiger partial charge in [-0.1, -0.05) is 27.5 Å². The first-order chi connectivity index (χ1) is 12.4. The number of amides is 2. The van der Waals surface area contributed by atoms with Crippen molar-refractivity contribution in [1.82, 2.24) is 9.80 Å². The van der Waals surface area contributed by atoms with E-state index in [0.29, 0.717) is 42.3 Å². The third-order valence-electron chi connectivity index (χ3n) is 4.36. The van der Waals surface area contributed by atoms with Crippen molar-refractivity contribution in [1.29, 1.82) is 0 Å². The summed E-state index contributed by atoms with van der Waals surface area (Å²) in [7, 11) is 0. The molecule has 0 atom stereocenters. The van der Waals surface area contributed by atoms with Gasteiger partial charge in [0, 0.05) is 41.2 Å². The number of hydrogen-bond donors (Lipinski definition) is 0. The fourth-order valence-electron chi connectivity index (χ4n) is 2.89. The summed E-state index contributed by atoms with van der Waals surface area (Å²) < 4.78 is 14.6. The minimum atomic E-state index is -0.391. The minimum Gasteiger partial charge on any atom is -0.339 e. The maximum absolute atomic E-state index is 13.8. The second-order valence-electron chi connectivity index (χ2n) is 6.09. The standard InChI is InChI=1S/C19H17BrClFN2O2/c20-15-3-6-17(22)14(11-15)12-18(25)23-7-9-24(10-8-23)19(26)13-1-4-16(21)5-2-13/h1-6,11H,7-10,12H2. The molecular weight excluding hydrogens is 423 g/mol. The van der Waals surface area contributed by atoms with Crippen molar-refractivity contribution >= 4 is 39.3 Å². The Kier molecular flexibility index (Phi) is 5.94. The molecule has 0 spiro atoms. The second kappa shape index (κ2) is 8.18. The van der Waals surface area contributed by atoms with E-state index in [2.05, 4.69) is 15.9 Å². The average Bonchev–Trinajstić information content (AvgIpc) is 2.65. The number of piperazine rings is 1. The SMILES string of the molecule is O=C(Cc1cc(Br)ccc1F)N1CCN(C(=O)c2ccc(Cl)cc2)CC1. The van der Waals surface area contributed by atoms with E-state index in [1.165, 1.54) is 6.07 Å². The molecule has 26 heavy (non-hydrogen) atoms. The molecule has 2 aromatic carbocycles. The molecule has 0 unspecified atom stereocenters. The van der Waals surface area contributed by atoms with Gasteiger partial charge in [-0.2, -0.15) is 0 Å². The van der Waals surface area contributed by atoms with Gasteiger partial charge in [0.25, 0.3) is 5.91 Å². The molecule has 1 fully saturated rings. The van der Waals surface area contributed by atoms with E-state index in [-0.39, 0.29) is 18.2 Å². The zero-order valence-corrected chi connectivity index (χ0v) is 16.3. The Balaban J connectivity index is 1.57. The normalized spacial score (nSPS) is 14.4. The van der Waals surface area contributed by atoms with Gasteiger partial charge in [-0.05, 0) is 48.0 Å². The van der Waals surface area contributed by atoms with Crippen LogP contribution in [0.25, 0.3) is 0 Å². The third kappa shape index (κ3) is 4.43. The summed E-state index contributed by atoms with van der Waals surface area (Å²) in [5.41, 5.74) is 0.939. The van der Waals surface area contributed by atoms with Crippen LogP contribution in [0.3, 0.4) is 0 Å². The molecule has 0 aromatic heterocycles. The monoisotopic (exact) mass is 438 g/mol. The smallest absolute Gasteiger partial charge is 0.253 e. The Morgan fingerprint density at radius 3 is 2.27 bits per heavy atom. The third-order valence-corrected chi connectivity index (χ3v) is 5.11. The highest BCUT2D eigenvalue weighted by Crippen LogP contribution is 2.18. The van der Waals surface area contributed by atoms with Crippen LogP contribution in [0.5, 0.6) is 0 Å². The van der Waals surface area contributed by atoms with Crippen molar-refractivity contribution in [2.45, 2.75) is 6.42 Å². The number of rotatable bonds is 3. The summed E-state index contributed by atoms with van der Waals surface area (Å²) in [6.07, 6.45) is 0.0103. The van der Waals surface area contributed by atoms with Crippen molar-refractivity contribution in [3.05, 3.63) is 68.9 Å². The predicted octanol–water partition coefficient (Wildman–Crippen LogP) is 3.77. The molecule has 0 radical (unpaired) electrons. The maximum Gasteiger partial charge on any atom is 0.253 e. The Labute approximate surface area is 164 Å². The van der Waals surface area contributed by atoms with Gasteiger partial charge in [0.2, 0.25) is 5.91 Å². The van der Waals surface area contributed by atoms with Gasteiger partial charge in [0.15, 0.2) is 0 Å². The lowest BCUT2D eigenvalue weighted by Crippen LogP contribution is -2.51. The van der Waals surface area contributed by atoms with E-state index in [1.54, 1.807) is 46.2 Å². The summed E-state index contributed by atoms with van der Waals surface area (Å²) in [6, 6.07) is 11.3. The predicted molar refractivity (Wildman–Crippen MR) is 102 cm³/mol. The molecule has 0 aliphatic carbocycles. The quantitative estimate of drug-likeness (QED) is 0.730. The Hall–Kier alpha value is -1.92. The minimum absolute atomic E-state index is 0.0103. The van der Waals surface area contributed by atoms with E-state index in [4.69, 9.17) is 11.6 Å². The van der Waals surface area contributed by atoms with Crippen LogP contribution in [-0.2, 0) is 11.2 Å². The molecule has 0 saturated carbocycles. The van der Waals surface area contributed by atoms with Crippen molar-refractivity contribution in [3.63, 3.8) is 0 Å². The molecule has 4 nitrogen and oxygen atoms in total. The van der Waals surface area contributed by atoms with Crippen molar-refractivity contribution < 1.29 is 14.0 Å². The van der Waals surface area contributed by atoms with Gasteiger partial charge in [0.1, 0.15) is 5.82 Å². The maximum atomic E-state index is 13.8. The van der Waals surface area contributed by atoms with Crippen LogP contribution in [0.2, 0.25) is 5.02 Å². The lowest BCUT2D eigenvalue weighted by Gasteiger charge is -2.35. The Bertz CT molecular complexity index is 821. The summed E-state index contributed by atoms with van der Waals surface area (Å²) in [6.45, 7) is 1.78. The molecular formula is C19H17BrClFN2O2. The van der Waals surface area contributed by atoms with Crippen LogP contribution >= 0.6 is 27.5 Å². The number of halogens is 3. The summed E-state index contributed by atoms with van der Waals surface area (Å²) in [5.74, 6) is -0.606. The average molecular weight is 440 g/mol. The molecule has 136 valence electrons. The van der Waals surface area contributed by atoms with Crippen LogP contribution in [0.15, 0.2) is 46.9 Å². The van der Waals surface area contributed by atoms with Gasteiger partial charge in [-0.25, -0.2) is 4.39 Å². The fraction of sp³-hybridized carbons (Fsp3) is 0.263. The topological polar surface area (TPSA) is 40.6 Å². The summed E-state index contributed by atoms with van der Waals surface area (Å²) >= 11 is 9.13. The zero-order chi connectivity index (χ0) is 18.7. The van der Waals surface area contributed by atoms with Gasteiger partial charge >= 0.3 is 0 Å². The molecule has 2 aromatic rings. The Morgan fingerprint density at radius 1 is 1.00 bits per heavy atom. The van der Waals surface area contributed by atoms with Crippen LogP contribution in [0.1, 0.15) is 15.9 Å². The van der Waals surface area contributed by atoms with Gasteiger partial charge < -0.3 is 9.80 Å². The largest absolute Gasteiger partial charge is 0.339 e. The molecule has 1 aliphatic heterocycles. The number of nitrogens with zero attached hydrogens (tertiary/aromatic N) is 2. The van der Waals surface area contributed by atoms with E-state index < -0.39 is 5.82 Å². The van der Waals surface area contributed by atoms with Gasteiger partial charge in [-0.15, -0.1) is 0 Å². The fourth-order valence-corrected chi connectivity index (χ4v) is 3.42. The summed E-state index contributed by atoms with van der Waals surface area (Å²) in [4.78, 5) is 28.3. The van der Waals surface area contributed by atoms with E-state index in [9.17, 15) is 14.0 Å². The number of carbonyl (C=O) groups is 2. The number of hydrogen-bond acceptors (Lipinski definition) is 2. The number of benzene rings is 2. The molecule has 1 aliphatic rings. The van der Waals surface area contributed by atoms with Crippen molar-refractivity contribution in [3.8, 4) is 0 Å². The lowest BCUT2D eigenvalue weighted by molar-refractivity contribution is -0.132. The number of carbonyl (C=O) groups excluding carboxylic acids is 2. The van der Waals surface area contributed by atoms with Crippen LogP contribution in [0, 0.1) is 5.82 Å². The molecule has 2 amide bonds. The first kappa shape index (κ1) is 18.9. The molecule has 1 heterocycles. The van der Waals surface area contributed by atoms with Crippen molar-refractivity contribution in [2.24, 2.45) is 0 Å². The van der Waals surface area contributed by atoms with Crippen LogP contribution < -0.4 is 0 Å². The zero-order valence-electron chi connectivity index (χ0n) is 13.9. The first-order valence-electron chi connectivity index (χ1n) is 8.20. The first-order valence-corrected chi connectivity index (χ1v) is 9.37. The second-order valence-corrected chi connectivity index (χ2v) is 7.44.